The number of hydrogen-bond donors (Lipinski definition) is 1. The van der Waals surface area contributed by atoms with Crippen LogP contribution in [0.3, 0.4) is 0 Å². The maximum absolute atomic E-state index is 12.9. The number of nitrogens with zero attached hydrogens (tertiary/aromatic N) is 3. The number of non-ortho nitro benzene ring substituents is 1. The number of benzene rings is 1. The average molecular weight is 296 g/mol. The summed E-state index contributed by atoms with van der Waals surface area (Å²) in [5, 5.41) is 17.7. The minimum absolute atomic E-state index is 0.200. The largest absolute Gasteiger partial charge is 0.384 e. The molecule has 2 rings (SSSR count). The summed E-state index contributed by atoms with van der Waals surface area (Å²) >= 11 is 0. The van der Waals surface area contributed by atoms with Gasteiger partial charge in [0, 0.05) is 49.6 Å². The molecule has 1 heterocycles. The molecular formula is C13H14F2N4O2. The fraction of sp³-hybridized carbons (Fsp3) is 0.308. The number of anilines is 1. The standard InChI is InChI=1S/C13H14F2N4O2/c1-18-7-5-9(17-18)4-6-16-12-3-2-10(19(20)21)8-11(12)13(14)15/h2-3,5,7-8,13,16H,4,6H2,1H3. The molecule has 1 aromatic heterocycles. The van der Waals surface area contributed by atoms with E-state index in [1.165, 1.54) is 12.1 Å². The van der Waals surface area contributed by atoms with Crippen LogP contribution in [0.1, 0.15) is 17.7 Å². The highest BCUT2D eigenvalue weighted by Gasteiger charge is 2.17. The van der Waals surface area contributed by atoms with Gasteiger partial charge in [0.25, 0.3) is 12.1 Å². The van der Waals surface area contributed by atoms with Crippen LogP contribution in [0.4, 0.5) is 20.2 Å². The van der Waals surface area contributed by atoms with Crippen LogP contribution in [-0.2, 0) is 13.5 Å². The third-order valence-electron chi connectivity index (χ3n) is 2.95. The molecule has 0 bridgehead atoms. The summed E-state index contributed by atoms with van der Waals surface area (Å²) < 4.78 is 27.6. The summed E-state index contributed by atoms with van der Waals surface area (Å²) in [5.41, 5.74) is 0.322. The number of halogens is 2. The Morgan fingerprint density at radius 1 is 1.43 bits per heavy atom. The molecule has 0 saturated carbocycles. The predicted octanol–water partition coefficient (Wildman–Crippen LogP) is 2.92. The van der Waals surface area contributed by atoms with Crippen molar-refractivity contribution in [3.8, 4) is 0 Å². The van der Waals surface area contributed by atoms with Crippen LogP contribution in [0.2, 0.25) is 0 Å². The van der Waals surface area contributed by atoms with Crippen molar-refractivity contribution >= 4 is 11.4 Å². The van der Waals surface area contributed by atoms with E-state index in [-0.39, 0.29) is 16.9 Å². The summed E-state index contributed by atoms with van der Waals surface area (Å²) in [6.07, 6.45) is -0.408. The molecule has 1 aromatic carbocycles. The lowest BCUT2D eigenvalue weighted by Gasteiger charge is -2.10. The molecule has 0 spiro atoms. The van der Waals surface area contributed by atoms with Gasteiger partial charge in [0.1, 0.15) is 0 Å². The van der Waals surface area contributed by atoms with E-state index in [9.17, 15) is 18.9 Å². The Balaban J connectivity index is 2.06. The van der Waals surface area contributed by atoms with E-state index in [0.717, 1.165) is 11.8 Å². The summed E-state index contributed by atoms with van der Waals surface area (Å²) in [5.74, 6) is 0. The molecule has 0 aliphatic carbocycles. The van der Waals surface area contributed by atoms with Crippen molar-refractivity contribution in [3.63, 3.8) is 0 Å². The van der Waals surface area contributed by atoms with Gasteiger partial charge in [-0.05, 0) is 12.1 Å². The van der Waals surface area contributed by atoms with Gasteiger partial charge in [0.05, 0.1) is 10.6 Å². The molecule has 0 unspecified atom stereocenters. The van der Waals surface area contributed by atoms with Crippen LogP contribution in [0, 0.1) is 10.1 Å². The van der Waals surface area contributed by atoms with Gasteiger partial charge in [-0.25, -0.2) is 8.78 Å². The van der Waals surface area contributed by atoms with Crippen LogP contribution in [-0.4, -0.2) is 21.2 Å². The van der Waals surface area contributed by atoms with Crippen molar-refractivity contribution in [2.45, 2.75) is 12.8 Å². The Kier molecular flexibility index (Phi) is 4.46. The quantitative estimate of drug-likeness (QED) is 0.657. The maximum atomic E-state index is 12.9. The maximum Gasteiger partial charge on any atom is 0.270 e. The Labute approximate surface area is 119 Å². The molecule has 2 aromatic rings. The van der Waals surface area contributed by atoms with Crippen molar-refractivity contribution in [2.75, 3.05) is 11.9 Å². The number of nitro groups is 1. The first-order valence-corrected chi connectivity index (χ1v) is 6.26. The number of aromatic nitrogens is 2. The van der Waals surface area contributed by atoms with E-state index in [1.54, 1.807) is 17.9 Å². The number of alkyl halides is 2. The summed E-state index contributed by atoms with van der Waals surface area (Å²) in [7, 11) is 1.79. The Morgan fingerprint density at radius 2 is 2.19 bits per heavy atom. The Hall–Kier alpha value is -2.51. The second-order valence-corrected chi connectivity index (χ2v) is 4.49. The lowest BCUT2D eigenvalue weighted by Crippen LogP contribution is -2.08. The molecule has 8 heteroatoms. The fourth-order valence-electron chi connectivity index (χ4n) is 1.93. The van der Waals surface area contributed by atoms with E-state index >= 15 is 0 Å². The number of nitrogens with one attached hydrogen (secondary N) is 1. The normalized spacial score (nSPS) is 10.9. The van der Waals surface area contributed by atoms with Crippen molar-refractivity contribution in [3.05, 3.63) is 51.8 Å². The molecule has 0 atom stereocenters. The highest BCUT2D eigenvalue weighted by molar-refractivity contribution is 5.56. The van der Waals surface area contributed by atoms with E-state index in [2.05, 4.69) is 10.4 Å². The first kappa shape index (κ1) is 14.9. The SMILES string of the molecule is Cn1ccc(CCNc2ccc([N+](=O)[O-])cc2C(F)F)n1. The van der Waals surface area contributed by atoms with E-state index in [0.29, 0.717) is 13.0 Å². The van der Waals surface area contributed by atoms with Crippen molar-refractivity contribution < 1.29 is 13.7 Å². The van der Waals surface area contributed by atoms with Crippen LogP contribution < -0.4 is 5.32 Å². The molecule has 0 saturated heterocycles. The fourth-order valence-corrected chi connectivity index (χ4v) is 1.93. The lowest BCUT2D eigenvalue weighted by atomic mass is 10.1. The summed E-state index contributed by atoms with van der Waals surface area (Å²) in [4.78, 5) is 9.93. The summed E-state index contributed by atoms with van der Waals surface area (Å²) in [6.45, 7) is 0.411. The molecule has 0 aliphatic rings. The molecule has 0 fully saturated rings. The van der Waals surface area contributed by atoms with Gasteiger partial charge in [-0.15, -0.1) is 0 Å². The Bertz CT molecular complexity index is 643. The first-order valence-electron chi connectivity index (χ1n) is 6.26. The third kappa shape index (κ3) is 3.74. The van der Waals surface area contributed by atoms with Crippen molar-refractivity contribution in [1.29, 1.82) is 0 Å². The predicted molar refractivity (Wildman–Crippen MR) is 73.5 cm³/mol. The third-order valence-corrected chi connectivity index (χ3v) is 2.95. The monoisotopic (exact) mass is 296 g/mol. The zero-order valence-corrected chi connectivity index (χ0v) is 11.3. The van der Waals surface area contributed by atoms with Crippen molar-refractivity contribution in [1.82, 2.24) is 9.78 Å². The first-order chi connectivity index (χ1) is 9.97. The van der Waals surface area contributed by atoms with Crippen LogP contribution in [0.15, 0.2) is 30.5 Å². The number of hydrogen-bond acceptors (Lipinski definition) is 4. The van der Waals surface area contributed by atoms with Gasteiger partial charge in [-0.2, -0.15) is 5.10 Å². The van der Waals surface area contributed by atoms with Gasteiger partial charge in [-0.1, -0.05) is 0 Å². The molecule has 112 valence electrons. The lowest BCUT2D eigenvalue weighted by molar-refractivity contribution is -0.385. The minimum atomic E-state index is -2.78. The zero-order chi connectivity index (χ0) is 15.4. The number of aryl methyl sites for hydroxylation is 1. The summed E-state index contributed by atoms with van der Waals surface area (Å²) in [6, 6.07) is 5.24. The molecular weight excluding hydrogens is 282 g/mol. The zero-order valence-electron chi connectivity index (χ0n) is 11.3. The van der Waals surface area contributed by atoms with E-state index in [1.807, 2.05) is 6.07 Å². The second kappa shape index (κ2) is 6.29. The van der Waals surface area contributed by atoms with Gasteiger partial charge in [0.2, 0.25) is 0 Å². The molecule has 0 amide bonds. The smallest absolute Gasteiger partial charge is 0.270 e. The highest BCUT2D eigenvalue weighted by Crippen LogP contribution is 2.30. The molecule has 0 aliphatic heterocycles. The average Bonchev–Trinajstić information content (AvgIpc) is 2.84. The Morgan fingerprint density at radius 3 is 2.76 bits per heavy atom. The molecule has 6 nitrogen and oxygen atoms in total. The van der Waals surface area contributed by atoms with Gasteiger partial charge >= 0.3 is 0 Å². The number of nitro benzene ring substituents is 1. The van der Waals surface area contributed by atoms with E-state index < -0.39 is 11.3 Å². The second-order valence-electron chi connectivity index (χ2n) is 4.49. The van der Waals surface area contributed by atoms with Crippen LogP contribution >= 0.6 is 0 Å². The van der Waals surface area contributed by atoms with Crippen molar-refractivity contribution in [2.24, 2.45) is 7.05 Å². The molecule has 1 N–H and O–H groups in total. The topological polar surface area (TPSA) is 73.0 Å². The minimum Gasteiger partial charge on any atom is -0.384 e. The molecule has 0 radical (unpaired) electrons. The molecule has 21 heavy (non-hydrogen) atoms. The number of rotatable bonds is 6. The van der Waals surface area contributed by atoms with Gasteiger partial charge < -0.3 is 5.32 Å². The van der Waals surface area contributed by atoms with Crippen LogP contribution in [0.25, 0.3) is 0 Å². The van der Waals surface area contributed by atoms with Crippen LogP contribution in [0.5, 0.6) is 0 Å². The van der Waals surface area contributed by atoms with E-state index in [4.69, 9.17) is 0 Å². The van der Waals surface area contributed by atoms with Gasteiger partial charge in [-0.3, -0.25) is 14.8 Å². The highest BCUT2D eigenvalue weighted by atomic mass is 19.3. The van der Waals surface area contributed by atoms with Gasteiger partial charge in [0.15, 0.2) is 0 Å².